The molecule has 1 saturated heterocycles. The van der Waals surface area contributed by atoms with Gasteiger partial charge in [0.25, 0.3) is 5.91 Å². The largest absolute Gasteiger partial charge is 0.399 e. The molecule has 2 heterocycles. The van der Waals surface area contributed by atoms with E-state index in [0.717, 1.165) is 30.2 Å². The maximum Gasteiger partial charge on any atom is 0.292 e. The Balaban J connectivity index is 1.64. The minimum atomic E-state index is -0.0946. The molecule has 0 unspecified atom stereocenters. The van der Waals surface area contributed by atoms with E-state index >= 15 is 0 Å². The number of anilines is 2. The Hall–Kier alpha value is -2.50. The van der Waals surface area contributed by atoms with Crippen molar-refractivity contribution in [1.82, 2.24) is 10.1 Å². The molecule has 6 heteroatoms. The Bertz CT molecular complexity index is 645. The second kappa shape index (κ2) is 5.47. The number of aromatic nitrogens is 1. The molecule has 0 aliphatic carbocycles. The van der Waals surface area contributed by atoms with Crippen LogP contribution in [0.5, 0.6) is 0 Å². The predicted octanol–water partition coefficient (Wildman–Crippen LogP) is 1.53. The van der Waals surface area contributed by atoms with Gasteiger partial charge in [-0.3, -0.25) is 4.79 Å². The highest BCUT2D eigenvalue weighted by atomic mass is 16.5. The Kier molecular flexibility index (Phi) is 3.51. The third kappa shape index (κ3) is 2.84. The standard InChI is InChI=1S/C15H18N4O2/c1-11-9-14(21-17-11)15(20)19-7-5-18(6-8-19)13-4-2-3-12(16)10-13/h2-4,9-10H,5-8,16H2,1H3. The summed E-state index contributed by atoms with van der Waals surface area (Å²) in [6.07, 6.45) is 0. The van der Waals surface area contributed by atoms with Gasteiger partial charge in [-0.05, 0) is 25.1 Å². The molecule has 1 aliphatic heterocycles. The van der Waals surface area contributed by atoms with E-state index in [1.807, 2.05) is 24.3 Å². The van der Waals surface area contributed by atoms with Gasteiger partial charge in [0.05, 0.1) is 5.69 Å². The lowest BCUT2D eigenvalue weighted by Gasteiger charge is -2.35. The number of benzene rings is 1. The Morgan fingerprint density at radius 1 is 1.24 bits per heavy atom. The summed E-state index contributed by atoms with van der Waals surface area (Å²) in [5.41, 5.74) is 8.38. The van der Waals surface area contributed by atoms with Crippen LogP contribution >= 0.6 is 0 Å². The zero-order chi connectivity index (χ0) is 14.8. The Labute approximate surface area is 123 Å². The summed E-state index contributed by atoms with van der Waals surface area (Å²) < 4.78 is 5.04. The van der Waals surface area contributed by atoms with E-state index in [4.69, 9.17) is 10.3 Å². The number of rotatable bonds is 2. The maximum atomic E-state index is 12.3. The van der Waals surface area contributed by atoms with E-state index in [-0.39, 0.29) is 5.91 Å². The molecule has 0 bridgehead atoms. The monoisotopic (exact) mass is 286 g/mol. The maximum absolute atomic E-state index is 12.3. The normalized spacial score (nSPS) is 15.3. The van der Waals surface area contributed by atoms with Crippen LogP contribution in [0.15, 0.2) is 34.9 Å². The second-order valence-corrected chi connectivity index (χ2v) is 5.21. The quantitative estimate of drug-likeness (QED) is 0.847. The first kappa shape index (κ1) is 13.5. The Morgan fingerprint density at radius 2 is 2.00 bits per heavy atom. The van der Waals surface area contributed by atoms with E-state index in [9.17, 15) is 4.79 Å². The number of hydrogen-bond acceptors (Lipinski definition) is 5. The van der Waals surface area contributed by atoms with E-state index < -0.39 is 0 Å². The van der Waals surface area contributed by atoms with Crippen molar-refractivity contribution in [3.63, 3.8) is 0 Å². The molecule has 1 amide bonds. The van der Waals surface area contributed by atoms with E-state index in [2.05, 4.69) is 10.1 Å². The molecule has 2 N–H and O–H groups in total. The summed E-state index contributed by atoms with van der Waals surface area (Å²) >= 11 is 0. The van der Waals surface area contributed by atoms with Crippen LogP contribution in [0.25, 0.3) is 0 Å². The van der Waals surface area contributed by atoms with Crippen molar-refractivity contribution >= 4 is 17.3 Å². The molecule has 21 heavy (non-hydrogen) atoms. The first-order chi connectivity index (χ1) is 10.1. The summed E-state index contributed by atoms with van der Waals surface area (Å²) in [4.78, 5) is 16.3. The molecule has 2 aromatic rings. The molecule has 0 atom stereocenters. The van der Waals surface area contributed by atoms with Crippen LogP contribution in [-0.4, -0.2) is 42.1 Å². The van der Waals surface area contributed by atoms with Crippen molar-refractivity contribution in [1.29, 1.82) is 0 Å². The summed E-state index contributed by atoms with van der Waals surface area (Å²) in [6.45, 7) is 4.68. The molecule has 6 nitrogen and oxygen atoms in total. The fourth-order valence-electron chi connectivity index (χ4n) is 2.51. The fraction of sp³-hybridized carbons (Fsp3) is 0.333. The van der Waals surface area contributed by atoms with Crippen LogP contribution in [0.4, 0.5) is 11.4 Å². The number of nitrogens with two attached hydrogens (primary N) is 1. The highest BCUT2D eigenvalue weighted by molar-refractivity contribution is 5.91. The number of nitrogens with zero attached hydrogens (tertiary/aromatic N) is 3. The van der Waals surface area contributed by atoms with Gasteiger partial charge in [-0.25, -0.2) is 0 Å². The summed E-state index contributed by atoms with van der Waals surface area (Å²) in [5.74, 6) is 0.215. The minimum Gasteiger partial charge on any atom is -0.399 e. The molecular formula is C15H18N4O2. The van der Waals surface area contributed by atoms with Gasteiger partial charge >= 0.3 is 0 Å². The lowest BCUT2D eigenvalue weighted by molar-refractivity contribution is 0.0705. The van der Waals surface area contributed by atoms with Gasteiger partial charge in [0, 0.05) is 43.6 Å². The summed E-state index contributed by atoms with van der Waals surface area (Å²) in [6, 6.07) is 9.48. The predicted molar refractivity (Wildman–Crippen MR) is 80.2 cm³/mol. The van der Waals surface area contributed by atoms with E-state index in [1.54, 1.807) is 17.9 Å². The molecule has 1 aliphatic rings. The van der Waals surface area contributed by atoms with Gasteiger partial charge in [-0.2, -0.15) is 0 Å². The molecular weight excluding hydrogens is 268 g/mol. The van der Waals surface area contributed by atoms with Crippen LogP contribution in [0.1, 0.15) is 16.2 Å². The number of aryl methyl sites for hydroxylation is 1. The molecule has 1 aromatic carbocycles. The van der Waals surface area contributed by atoms with Crippen LogP contribution in [0.3, 0.4) is 0 Å². The first-order valence-electron chi connectivity index (χ1n) is 6.96. The van der Waals surface area contributed by atoms with E-state index in [0.29, 0.717) is 18.8 Å². The molecule has 110 valence electrons. The third-order valence-electron chi connectivity index (χ3n) is 3.64. The average molecular weight is 286 g/mol. The summed E-state index contributed by atoms with van der Waals surface area (Å²) in [7, 11) is 0. The Morgan fingerprint density at radius 3 is 2.62 bits per heavy atom. The van der Waals surface area contributed by atoms with Crippen LogP contribution < -0.4 is 10.6 Å². The number of hydrogen-bond donors (Lipinski definition) is 1. The van der Waals surface area contributed by atoms with Crippen molar-refractivity contribution in [3.8, 4) is 0 Å². The molecule has 1 aromatic heterocycles. The van der Waals surface area contributed by atoms with Gasteiger partial charge in [0.1, 0.15) is 0 Å². The zero-order valence-corrected chi connectivity index (χ0v) is 12.0. The number of carbonyl (C=O) groups is 1. The highest BCUT2D eigenvalue weighted by Crippen LogP contribution is 2.19. The first-order valence-corrected chi connectivity index (χ1v) is 6.96. The lowest BCUT2D eigenvalue weighted by atomic mass is 10.2. The van der Waals surface area contributed by atoms with Gasteiger partial charge in [0.2, 0.25) is 5.76 Å². The second-order valence-electron chi connectivity index (χ2n) is 5.21. The van der Waals surface area contributed by atoms with Crippen molar-refractivity contribution in [2.45, 2.75) is 6.92 Å². The van der Waals surface area contributed by atoms with Crippen LogP contribution in [0.2, 0.25) is 0 Å². The molecule has 0 spiro atoms. The third-order valence-corrected chi connectivity index (χ3v) is 3.64. The molecule has 3 rings (SSSR count). The van der Waals surface area contributed by atoms with Crippen LogP contribution in [-0.2, 0) is 0 Å². The molecule has 1 fully saturated rings. The van der Waals surface area contributed by atoms with Crippen molar-refractivity contribution < 1.29 is 9.32 Å². The number of piperazine rings is 1. The summed E-state index contributed by atoms with van der Waals surface area (Å²) in [5, 5.41) is 3.76. The van der Waals surface area contributed by atoms with Gasteiger partial charge in [-0.1, -0.05) is 11.2 Å². The van der Waals surface area contributed by atoms with Gasteiger partial charge in [-0.15, -0.1) is 0 Å². The van der Waals surface area contributed by atoms with Crippen molar-refractivity contribution in [2.75, 3.05) is 36.8 Å². The fourth-order valence-corrected chi connectivity index (χ4v) is 2.51. The molecule has 0 radical (unpaired) electrons. The highest BCUT2D eigenvalue weighted by Gasteiger charge is 2.24. The van der Waals surface area contributed by atoms with Crippen molar-refractivity contribution in [3.05, 3.63) is 41.8 Å². The number of carbonyl (C=O) groups excluding carboxylic acids is 1. The molecule has 0 saturated carbocycles. The number of amides is 1. The topological polar surface area (TPSA) is 75.6 Å². The number of nitrogen functional groups attached to an aromatic ring is 1. The van der Waals surface area contributed by atoms with Gasteiger partial charge < -0.3 is 20.1 Å². The average Bonchev–Trinajstić information content (AvgIpc) is 2.93. The van der Waals surface area contributed by atoms with Crippen LogP contribution in [0, 0.1) is 6.92 Å². The zero-order valence-electron chi connectivity index (χ0n) is 12.0. The minimum absolute atomic E-state index is 0.0946. The van der Waals surface area contributed by atoms with E-state index in [1.165, 1.54) is 0 Å². The SMILES string of the molecule is Cc1cc(C(=O)N2CCN(c3cccc(N)c3)CC2)on1. The van der Waals surface area contributed by atoms with Crippen molar-refractivity contribution in [2.24, 2.45) is 0 Å². The smallest absolute Gasteiger partial charge is 0.292 e. The van der Waals surface area contributed by atoms with Gasteiger partial charge in [0.15, 0.2) is 0 Å². The lowest BCUT2D eigenvalue weighted by Crippen LogP contribution is -2.48.